The third-order valence-corrected chi connectivity index (χ3v) is 2.32. The Morgan fingerprint density at radius 2 is 1.58 bits per heavy atom. The topological polar surface area (TPSA) is 98.7 Å². The summed E-state index contributed by atoms with van der Waals surface area (Å²) >= 11 is 5.01. The van der Waals surface area contributed by atoms with Crippen molar-refractivity contribution in [2.75, 3.05) is 5.32 Å². The van der Waals surface area contributed by atoms with Crippen LogP contribution in [0.1, 0.15) is 34.6 Å². The molecule has 6 nitrogen and oxygen atoms in total. The molecule has 19 heavy (non-hydrogen) atoms. The van der Waals surface area contributed by atoms with Gasteiger partial charge in [0.1, 0.15) is 0 Å². The first-order valence-corrected chi connectivity index (χ1v) is 5.89. The van der Waals surface area contributed by atoms with Crippen molar-refractivity contribution in [1.29, 1.82) is 0 Å². The minimum atomic E-state index is -1.20. The highest BCUT2D eigenvalue weighted by molar-refractivity contribution is 7.80. The summed E-state index contributed by atoms with van der Waals surface area (Å²) in [5.41, 5.74) is 0.0833. The second kappa shape index (κ2) is 6.14. The molecule has 0 saturated heterocycles. The lowest BCUT2D eigenvalue weighted by Crippen LogP contribution is -2.34. The molecule has 7 heteroatoms. The van der Waals surface area contributed by atoms with E-state index < -0.39 is 11.9 Å². The Morgan fingerprint density at radius 3 is 1.95 bits per heavy atom. The number of anilines is 1. The highest BCUT2D eigenvalue weighted by Crippen LogP contribution is 2.15. The van der Waals surface area contributed by atoms with E-state index in [1.807, 2.05) is 13.8 Å². The third kappa shape index (κ3) is 4.55. The largest absolute Gasteiger partial charge is 0.478 e. The fraction of sp³-hybridized carbons (Fsp3) is 0.250. The second-order valence-corrected chi connectivity index (χ2v) is 4.57. The van der Waals surface area contributed by atoms with Crippen molar-refractivity contribution in [3.05, 3.63) is 29.3 Å². The summed E-state index contributed by atoms with van der Waals surface area (Å²) in [6.07, 6.45) is 0. The quantitative estimate of drug-likeness (QED) is 0.625. The predicted molar refractivity (Wildman–Crippen MR) is 74.9 cm³/mol. The van der Waals surface area contributed by atoms with Crippen molar-refractivity contribution in [3.63, 3.8) is 0 Å². The number of thiocarbonyl (C=S) groups is 1. The SMILES string of the molecule is CC(C)NC(=S)Nc1cc(C(=O)O)cc(C(=O)O)c1. The van der Waals surface area contributed by atoms with Crippen LogP contribution in [0.3, 0.4) is 0 Å². The van der Waals surface area contributed by atoms with Crippen LogP contribution in [0.2, 0.25) is 0 Å². The number of carboxylic acid groups (broad SMARTS) is 2. The molecule has 0 aliphatic rings. The van der Waals surface area contributed by atoms with Gasteiger partial charge in [0.15, 0.2) is 5.11 Å². The van der Waals surface area contributed by atoms with Gasteiger partial charge in [-0.05, 0) is 44.3 Å². The van der Waals surface area contributed by atoms with Crippen molar-refractivity contribution >= 4 is 35.0 Å². The Kier molecular flexibility index (Phi) is 4.82. The lowest BCUT2D eigenvalue weighted by Gasteiger charge is -2.14. The average Bonchev–Trinajstić information content (AvgIpc) is 2.26. The first-order valence-electron chi connectivity index (χ1n) is 5.49. The molecule has 0 saturated carbocycles. The molecule has 0 unspecified atom stereocenters. The maximum atomic E-state index is 10.9. The van der Waals surface area contributed by atoms with Crippen LogP contribution >= 0.6 is 12.2 Å². The molecule has 0 spiro atoms. The van der Waals surface area contributed by atoms with Crippen molar-refractivity contribution in [2.45, 2.75) is 19.9 Å². The van der Waals surface area contributed by atoms with Crippen LogP contribution < -0.4 is 10.6 Å². The molecule has 0 atom stereocenters. The van der Waals surface area contributed by atoms with Crippen LogP contribution in [0.5, 0.6) is 0 Å². The number of hydrogen-bond donors (Lipinski definition) is 4. The number of carboxylic acids is 2. The maximum absolute atomic E-state index is 10.9. The van der Waals surface area contributed by atoms with E-state index >= 15 is 0 Å². The Labute approximate surface area is 115 Å². The minimum absolute atomic E-state index is 0.113. The van der Waals surface area contributed by atoms with Crippen molar-refractivity contribution in [2.24, 2.45) is 0 Å². The summed E-state index contributed by atoms with van der Waals surface area (Å²) in [6.45, 7) is 3.79. The smallest absolute Gasteiger partial charge is 0.335 e. The molecule has 0 amide bonds. The normalized spacial score (nSPS) is 10.1. The molecule has 0 aliphatic carbocycles. The molecule has 4 N–H and O–H groups in total. The summed E-state index contributed by atoms with van der Waals surface area (Å²) in [5, 5.41) is 23.8. The van der Waals surface area contributed by atoms with Crippen molar-refractivity contribution in [1.82, 2.24) is 5.32 Å². The van der Waals surface area contributed by atoms with Gasteiger partial charge in [0.2, 0.25) is 0 Å². The van der Waals surface area contributed by atoms with Crippen LogP contribution in [-0.2, 0) is 0 Å². The van der Waals surface area contributed by atoms with Gasteiger partial charge in [-0.1, -0.05) is 0 Å². The van der Waals surface area contributed by atoms with Crippen LogP contribution in [0.25, 0.3) is 0 Å². The summed E-state index contributed by atoms with van der Waals surface area (Å²) in [6, 6.07) is 3.85. The number of carbonyl (C=O) groups is 2. The second-order valence-electron chi connectivity index (χ2n) is 4.16. The zero-order valence-corrected chi connectivity index (χ0v) is 11.2. The number of benzene rings is 1. The first-order chi connectivity index (χ1) is 8.79. The van der Waals surface area contributed by atoms with Crippen LogP contribution in [0, 0.1) is 0 Å². The van der Waals surface area contributed by atoms with E-state index in [0.29, 0.717) is 10.8 Å². The minimum Gasteiger partial charge on any atom is -0.478 e. The summed E-state index contributed by atoms with van der Waals surface area (Å²) in [4.78, 5) is 21.8. The molecule has 1 rings (SSSR count). The molecule has 0 heterocycles. The average molecular weight is 282 g/mol. The van der Waals surface area contributed by atoms with Gasteiger partial charge in [0.25, 0.3) is 0 Å². The molecular weight excluding hydrogens is 268 g/mol. The zero-order chi connectivity index (χ0) is 14.6. The van der Waals surface area contributed by atoms with Gasteiger partial charge in [-0.3, -0.25) is 0 Å². The van der Waals surface area contributed by atoms with Gasteiger partial charge in [-0.25, -0.2) is 9.59 Å². The Morgan fingerprint density at radius 1 is 1.11 bits per heavy atom. The Hall–Kier alpha value is -2.15. The molecular formula is C12H14N2O4S. The van der Waals surface area contributed by atoms with E-state index in [-0.39, 0.29) is 17.2 Å². The first kappa shape index (κ1) is 14.9. The van der Waals surface area contributed by atoms with Gasteiger partial charge < -0.3 is 20.8 Å². The lowest BCUT2D eigenvalue weighted by molar-refractivity contribution is 0.0696. The van der Waals surface area contributed by atoms with E-state index in [0.717, 1.165) is 6.07 Å². The molecule has 0 aliphatic heterocycles. The number of aromatic carboxylic acids is 2. The van der Waals surface area contributed by atoms with Crippen LogP contribution in [0.15, 0.2) is 18.2 Å². The fourth-order valence-electron chi connectivity index (χ4n) is 1.38. The maximum Gasteiger partial charge on any atom is 0.335 e. The number of hydrogen-bond acceptors (Lipinski definition) is 3. The third-order valence-electron chi connectivity index (χ3n) is 2.10. The highest BCUT2D eigenvalue weighted by Gasteiger charge is 2.12. The molecule has 1 aromatic rings. The zero-order valence-electron chi connectivity index (χ0n) is 10.4. The van der Waals surface area contributed by atoms with Gasteiger partial charge >= 0.3 is 11.9 Å². The van der Waals surface area contributed by atoms with Gasteiger partial charge in [-0.2, -0.15) is 0 Å². The molecule has 0 radical (unpaired) electrons. The summed E-state index contributed by atoms with van der Waals surface area (Å²) < 4.78 is 0. The Balaban J connectivity index is 3.03. The highest BCUT2D eigenvalue weighted by atomic mass is 32.1. The van der Waals surface area contributed by atoms with E-state index in [1.54, 1.807) is 0 Å². The molecule has 0 bridgehead atoms. The number of rotatable bonds is 4. The van der Waals surface area contributed by atoms with Gasteiger partial charge in [-0.15, -0.1) is 0 Å². The van der Waals surface area contributed by atoms with Crippen molar-refractivity contribution in [3.8, 4) is 0 Å². The Bertz CT molecular complexity index is 496. The monoisotopic (exact) mass is 282 g/mol. The van der Waals surface area contributed by atoms with Crippen molar-refractivity contribution < 1.29 is 19.8 Å². The van der Waals surface area contributed by atoms with Crippen LogP contribution in [0.4, 0.5) is 5.69 Å². The fourth-order valence-corrected chi connectivity index (χ4v) is 1.73. The molecule has 0 fully saturated rings. The van der Waals surface area contributed by atoms with Crippen LogP contribution in [-0.4, -0.2) is 33.3 Å². The molecule has 0 aromatic heterocycles. The predicted octanol–water partition coefficient (Wildman–Crippen LogP) is 1.78. The van der Waals surface area contributed by atoms with Gasteiger partial charge in [0, 0.05) is 11.7 Å². The standard InChI is InChI=1S/C12H14N2O4S/c1-6(2)13-12(19)14-9-4-7(10(15)16)3-8(5-9)11(17)18/h3-6H,1-2H3,(H,15,16)(H,17,18)(H2,13,14,19). The summed E-state index contributed by atoms with van der Waals surface area (Å²) in [7, 11) is 0. The summed E-state index contributed by atoms with van der Waals surface area (Å²) in [5.74, 6) is -2.40. The van der Waals surface area contributed by atoms with Gasteiger partial charge in [0.05, 0.1) is 11.1 Å². The molecule has 102 valence electrons. The van der Waals surface area contributed by atoms with E-state index in [1.165, 1.54) is 12.1 Å². The lowest BCUT2D eigenvalue weighted by atomic mass is 10.1. The van der Waals surface area contributed by atoms with E-state index in [4.69, 9.17) is 22.4 Å². The molecule has 1 aromatic carbocycles. The number of nitrogens with one attached hydrogen (secondary N) is 2. The van der Waals surface area contributed by atoms with E-state index in [2.05, 4.69) is 10.6 Å². The van der Waals surface area contributed by atoms with E-state index in [9.17, 15) is 9.59 Å².